The Balaban J connectivity index is 2.12. The molecule has 1 aliphatic rings. The van der Waals surface area contributed by atoms with Gasteiger partial charge in [0.05, 0.1) is 13.2 Å². The van der Waals surface area contributed by atoms with Crippen molar-refractivity contribution in [1.82, 2.24) is 9.96 Å². The summed E-state index contributed by atoms with van der Waals surface area (Å²) in [7, 11) is -1.18. The third-order valence-electron chi connectivity index (χ3n) is 2.04. The molecule has 1 rings (SSSR count). The number of likely N-dealkylation sites (N-methyl/N-ethyl adjacent to an activating group) is 1. The average molecular weight is 224 g/mol. The quantitative estimate of drug-likeness (QED) is 0.463. The predicted octanol–water partition coefficient (Wildman–Crippen LogP) is -1.29. The Morgan fingerprint density at radius 3 is 2.64 bits per heavy atom. The van der Waals surface area contributed by atoms with Gasteiger partial charge in [-0.2, -0.15) is 9.35 Å². The molecule has 0 aromatic carbocycles. The van der Waals surface area contributed by atoms with Crippen molar-refractivity contribution in [2.75, 3.05) is 46.4 Å². The largest absolute Gasteiger partial charge is 0.379 e. The first-order valence-electron chi connectivity index (χ1n) is 4.52. The van der Waals surface area contributed by atoms with Gasteiger partial charge in [-0.25, -0.2) is 8.42 Å². The molecule has 0 N–H and O–H groups in total. The Morgan fingerprint density at radius 2 is 2.07 bits per heavy atom. The number of rotatable bonds is 5. The van der Waals surface area contributed by atoms with Gasteiger partial charge in [-0.05, 0) is 0 Å². The zero-order valence-corrected chi connectivity index (χ0v) is 9.11. The number of thiol groups is 1. The topological polar surface area (TPSA) is 59.1 Å². The molecule has 0 atom stereocenters. The zero-order chi connectivity index (χ0) is 10.4. The lowest BCUT2D eigenvalue weighted by Crippen LogP contribution is -2.40. The molecule has 0 radical (unpaired) electrons. The van der Waals surface area contributed by atoms with Crippen LogP contribution in [0, 0.1) is 0 Å². The van der Waals surface area contributed by atoms with Crippen LogP contribution >= 0.6 is 0 Å². The first-order chi connectivity index (χ1) is 6.68. The molecule has 84 valence electrons. The van der Waals surface area contributed by atoms with Crippen LogP contribution in [0.2, 0.25) is 0 Å². The second kappa shape index (κ2) is 6.31. The van der Waals surface area contributed by atoms with Crippen LogP contribution in [-0.4, -0.2) is 64.8 Å². The lowest BCUT2D eigenvalue weighted by Gasteiger charge is -2.27. The first-order valence-corrected chi connectivity index (χ1v) is 5.62. The molecular weight excluding hydrogens is 208 g/mol. The third-order valence-corrected chi connectivity index (χ3v) is 2.45. The first kappa shape index (κ1) is 11.9. The normalized spacial score (nSPS) is 19.4. The van der Waals surface area contributed by atoms with E-state index in [1.807, 2.05) is 0 Å². The maximum absolute atomic E-state index is 10.2. The van der Waals surface area contributed by atoms with Gasteiger partial charge < -0.3 is 4.74 Å². The van der Waals surface area contributed by atoms with E-state index in [0.29, 0.717) is 6.54 Å². The summed E-state index contributed by atoms with van der Waals surface area (Å²) in [6.07, 6.45) is 0. The summed E-state index contributed by atoms with van der Waals surface area (Å²) in [5, 5.41) is 1.32. The fourth-order valence-electron chi connectivity index (χ4n) is 1.26. The number of nitrogens with zero attached hydrogens (tertiary/aromatic N) is 2. The van der Waals surface area contributed by atoms with E-state index >= 15 is 0 Å². The number of hydrogen-bond acceptors (Lipinski definition) is 6. The van der Waals surface area contributed by atoms with Gasteiger partial charge in [0.25, 0.3) is 11.0 Å². The van der Waals surface area contributed by atoms with Crippen molar-refractivity contribution in [3.8, 4) is 0 Å². The number of morpholine rings is 1. The van der Waals surface area contributed by atoms with E-state index in [-0.39, 0.29) is 0 Å². The molecule has 1 fully saturated rings. The SMILES string of the molecule is CN(CCN1CCOCC1)O[SH](=O)=O. The fraction of sp³-hybridized carbons (Fsp3) is 1.00. The Hall–Kier alpha value is -0.210. The standard InChI is InChI=1S/C7H16N2O4S/c1-8(13-14(10)11)2-3-9-4-6-12-7-5-9/h14H,2-7H2,1H3. The van der Waals surface area contributed by atoms with Gasteiger partial charge in [-0.15, -0.1) is 0 Å². The van der Waals surface area contributed by atoms with E-state index in [1.165, 1.54) is 5.06 Å². The molecule has 1 aliphatic heterocycles. The van der Waals surface area contributed by atoms with Crippen molar-refractivity contribution in [3.63, 3.8) is 0 Å². The van der Waals surface area contributed by atoms with Gasteiger partial charge >= 0.3 is 0 Å². The van der Waals surface area contributed by atoms with Gasteiger partial charge in [0, 0.05) is 33.2 Å². The van der Waals surface area contributed by atoms with E-state index < -0.39 is 11.0 Å². The van der Waals surface area contributed by atoms with Crippen LogP contribution in [0.15, 0.2) is 0 Å². The van der Waals surface area contributed by atoms with Crippen LogP contribution in [0.5, 0.6) is 0 Å². The van der Waals surface area contributed by atoms with Crippen molar-refractivity contribution >= 4 is 11.0 Å². The molecule has 0 amide bonds. The van der Waals surface area contributed by atoms with E-state index in [2.05, 4.69) is 9.18 Å². The summed E-state index contributed by atoms with van der Waals surface area (Å²) in [5.74, 6) is 0. The zero-order valence-electron chi connectivity index (χ0n) is 8.22. The molecular formula is C7H16N2O4S. The van der Waals surface area contributed by atoms with Gasteiger partial charge in [0.15, 0.2) is 0 Å². The minimum Gasteiger partial charge on any atom is -0.379 e. The third kappa shape index (κ3) is 4.87. The number of hydroxylamine groups is 2. The fourth-order valence-corrected chi connectivity index (χ4v) is 1.57. The van der Waals surface area contributed by atoms with Gasteiger partial charge in [-0.3, -0.25) is 4.90 Å². The number of ether oxygens (including phenoxy) is 1. The van der Waals surface area contributed by atoms with E-state index in [9.17, 15) is 8.42 Å². The summed E-state index contributed by atoms with van der Waals surface area (Å²) in [6, 6.07) is 0. The molecule has 0 unspecified atom stereocenters. The lowest BCUT2D eigenvalue weighted by atomic mass is 10.4. The van der Waals surface area contributed by atoms with Crippen molar-refractivity contribution in [2.24, 2.45) is 0 Å². The van der Waals surface area contributed by atoms with Crippen LogP contribution in [0.3, 0.4) is 0 Å². The van der Waals surface area contributed by atoms with E-state index in [4.69, 9.17) is 4.74 Å². The summed E-state index contributed by atoms with van der Waals surface area (Å²) in [4.78, 5) is 2.21. The summed E-state index contributed by atoms with van der Waals surface area (Å²) >= 11 is 0. The van der Waals surface area contributed by atoms with E-state index in [1.54, 1.807) is 7.05 Å². The molecule has 1 saturated heterocycles. The maximum Gasteiger partial charge on any atom is 0.273 e. The minimum absolute atomic E-state index is 0.573. The second-order valence-corrected chi connectivity index (χ2v) is 3.72. The van der Waals surface area contributed by atoms with Gasteiger partial charge in [0.2, 0.25) is 0 Å². The smallest absolute Gasteiger partial charge is 0.273 e. The monoisotopic (exact) mass is 224 g/mol. The molecule has 1 heterocycles. The van der Waals surface area contributed by atoms with Crippen LogP contribution < -0.4 is 0 Å². The molecule has 0 aromatic heterocycles. The highest BCUT2D eigenvalue weighted by molar-refractivity contribution is 7.67. The Labute approximate surface area is 85.5 Å². The van der Waals surface area contributed by atoms with Crippen LogP contribution in [0.1, 0.15) is 0 Å². The number of hydrogen-bond donors (Lipinski definition) is 1. The average Bonchev–Trinajstić information content (AvgIpc) is 2.15. The lowest BCUT2D eigenvalue weighted by molar-refractivity contribution is -0.0351. The van der Waals surface area contributed by atoms with Crippen molar-refractivity contribution in [3.05, 3.63) is 0 Å². The molecule has 0 bridgehead atoms. The van der Waals surface area contributed by atoms with Crippen molar-refractivity contribution < 1.29 is 17.4 Å². The molecule has 0 aromatic rings. The highest BCUT2D eigenvalue weighted by Crippen LogP contribution is 1.96. The molecule has 0 aliphatic carbocycles. The molecule has 0 saturated carbocycles. The van der Waals surface area contributed by atoms with Gasteiger partial charge in [-0.1, -0.05) is 0 Å². The molecule has 0 spiro atoms. The Bertz CT molecular complexity index is 220. The van der Waals surface area contributed by atoms with Crippen LogP contribution in [-0.2, 0) is 20.0 Å². The van der Waals surface area contributed by atoms with Crippen LogP contribution in [0.4, 0.5) is 0 Å². The van der Waals surface area contributed by atoms with Crippen molar-refractivity contribution in [1.29, 1.82) is 0 Å². The summed E-state index contributed by atoms with van der Waals surface area (Å²) in [5.41, 5.74) is 0. The Morgan fingerprint density at radius 1 is 1.43 bits per heavy atom. The maximum atomic E-state index is 10.2. The predicted molar refractivity (Wildman–Crippen MR) is 51.3 cm³/mol. The van der Waals surface area contributed by atoms with Crippen LogP contribution in [0.25, 0.3) is 0 Å². The molecule has 7 heteroatoms. The van der Waals surface area contributed by atoms with E-state index in [0.717, 1.165) is 32.8 Å². The summed E-state index contributed by atoms with van der Waals surface area (Å²) in [6.45, 7) is 4.67. The highest BCUT2D eigenvalue weighted by Gasteiger charge is 2.10. The minimum atomic E-state index is -2.79. The molecule has 14 heavy (non-hydrogen) atoms. The second-order valence-electron chi connectivity index (χ2n) is 3.11. The van der Waals surface area contributed by atoms with Gasteiger partial charge in [0.1, 0.15) is 0 Å². The Kier molecular flexibility index (Phi) is 5.34. The molecule has 6 nitrogen and oxygen atoms in total. The summed E-state index contributed by atoms with van der Waals surface area (Å²) < 4.78 is 30.1. The van der Waals surface area contributed by atoms with Crippen molar-refractivity contribution in [2.45, 2.75) is 0 Å². The highest BCUT2D eigenvalue weighted by atomic mass is 32.2.